The largest absolute Gasteiger partial charge is 0.404 e. The number of alkyl halides is 3. The lowest BCUT2D eigenvalue weighted by Crippen LogP contribution is -2.39. The maximum Gasteiger partial charge on any atom is 0.404 e. The third-order valence-electron chi connectivity index (χ3n) is 2.10. The Hall–Kier alpha value is -0.750. The van der Waals surface area contributed by atoms with Crippen LogP contribution in [0.25, 0.3) is 0 Å². The zero-order valence-electron chi connectivity index (χ0n) is 8.27. The molecular formula is C8H11ClF3N3. The molecule has 0 spiro atoms. The molecule has 0 bridgehead atoms. The van der Waals surface area contributed by atoms with Gasteiger partial charge in [0.2, 0.25) is 0 Å². The lowest BCUT2D eigenvalue weighted by atomic mass is 10.1. The second-order valence-corrected chi connectivity index (χ2v) is 3.70. The maximum atomic E-state index is 12.2. The zero-order chi connectivity index (χ0) is 11.8. The zero-order valence-corrected chi connectivity index (χ0v) is 9.02. The normalized spacial score (nSPS) is 14.3. The van der Waals surface area contributed by atoms with E-state index in [1.54, 1.807) is 6.92 Å². The van der Waals surface area contributed by atoms with E-state index < -0.39 is 12.2 Å². The molecule has 0 saturated heterocycles. The van der Waals surface area contributed by atoms with E-state index in [1.165, 1.54) is 11.7 Å². The summed E-state index contributed by atoms with van der Waals surface area (Å²) in [6.07, 6.45) is -4.78. The van der Waals surface area contributed by atoms with Crippen molar-refractivity contribution in [3.8, 4) is 0 Å². The molecular weight excluding hydrogens is 231 g/mol. The molecule has 1 aromatic rings. The van der Waals surface area contributed by atoms with Gasteiger partial charge in [0.1, 0.15) is 6.04 Å². The molecule has 86 valence electrons. The molecule has 1 atom stereocenters. The summed E-state index contributed by atoms with van der Waals surface area (Å²) >= 11 is 5.80. The summed E-state index contributed by atoms with van der Waals surface area (Å²) in [6.45, 7) is 1.63. The van der Waals surface area contributed by atoms with Gasteiger partial charge in [-0.3, -0.25) is 4.68 Å². The average Bonchev–Trinajstić information content (AvgIpc) is 2.30. The van der Waals surface area contributed by atoms with E-state index in [-0.39, 0.29) is 11.4 Å². The van der Waals surface area contributed by atoms with E-state index in [4.69, 9.17) is 17.3 Å². The third-order valence-corrected chi connectivity index (χ3v) is 2.59. The Balaban J connectivity index is 2.90. The first kappa shape index (κ1) is 12.3. The molecule has 1 unspecified atom stereocenters. The van der Waals surface area contributed by atoms with Gasteiger partial charge in [-0.15, -0.1) is 0 Å². The first-order valence-corrected chi connectivity index (χ1v) is 4.61. The molecule has 3 nitrogen and oxygen atoms in total. The van der Waals surface area contributed by atoms with E-state index >= 15 is 0 Å². The van der Waals surface area contributed by atoms with Gasteiger partial charge in [0.15, 0.2) is 0 Å². The van der Waals surface area contributed by atoms with Crippen molar-refractivity contribution in [2.24, 2.45) is 12.8 Å². The third kappa shape index (κ3) is 2.63. The van der Waals surface area contributed by atoms with Crippen LogP contribution in [0.4, 0.5) is 13.2 Å². The molecule has 0 amide bonds. The Kier molecular flexibility index (Phi) is 3.30. The molecule has 2 N–H and O–H groups in total. The van der Waals surface area contributed by atoms with Crippen LogP contribution in [0.15, 0.2) is 0 Å². The lowest BCUT2D eigenvalue weighted by molar-refractivity contribution is -0.147. The Morgan fingerprint density at radius 1 is 1.53 bits per heavy atom. The number of nitrogens with two attached hydrogens (primary N) is 1. The Morgan fingerprint density at radius 3 is 2.40 bits per heavy atom. The predicted octanol–water partition coefficient (Wildman–Crippen LogP) is 1.81. The summed E-state index contributed by atoms with van der Waals surface area (Å²) in [5.41, 5.74) is 5.81. The van der Waals surface area contributed by atoms with Gasteiger partial charge in [0.05, 0.1) is 16.4 Å². The van der Waals surface area contributed by atoms with Gasteiger partial charge in [-0.1, -0.05) is 11.6 Å². The minimum Gasteiger partial charge on any atom is -0.320 e. The molecule has 15 heavy (non-hydrogen) atoms. The van der Waals surface area contributed by atoms with Crippen molar-refractivity contribution in [1.82, 2.24) is 9.78 Å². The van der Waals surface area contributed by atoms with Crippen LogP contribution < -0.4 is 5.73 Å². The minimum atomic E-state index is -4.42. The Labute approximate surface area is 90.0 Å². The van der Waals surface area contributed by atoms with Crippen molar-refractivity contribution in [2.75, 3.05) is 0 Å². The van der Waals surface area contributed by atoms with Crippen LogP contribution in [-0.4, -0.2) is 22.0 Å². The molecule has 0 aliphatic carbocycles. The topological polar surface area (TPSA) is 43.8 Å². The van der Waals surface area contributed by atoms with Gasteiger partial charge < -0.3 is 5.73 Å². The van der Waals surface area contributed by atoms with Crippen molar-refractivity contribution < 1.29 is 13.2 Å². The van der Waals surface area contributed by atoms with E-state index in [0.717, 1.165) is 0 Å². The van der Waals surface area contributed by atoms with E-state index in [0.29, 0.717) is 11.4 Å². The second kappa shape index (κ2) is 4.02. The average molecular weight is 242 g/mol. The Bertz CT molecular complexity index is 359. The van der Waals surface area contributed by atoms with E-state index in [9.17, 15) is 13.2 Å². The van der Waals surface area contributed by atoms with Crippen molar-refractivity contribution in [2.45, 2.75) is 25.6 Å². The molecule has 0 fully saturated rings. The van der Waals surface area contributed by atoms with Crippen molar-refractivity contribution in [1.29, 1.82) is 0 Å². The number of nitrogens with zero attached hydrogens (tertiary/aromatic N) is 2. The smallest absolute Gasteiger partial charge is 0.320 e. The fourth-order valence-electron chi connectivity index (χ4n) is 1.23. The molecule has 0 radical (unpaired) electrons. The highest BCUT2D eigenvalue weighted by molar-refractivity contribution is 6.31. The molecule has 7 heteroatoms. The summed E-state index contributed by atoms with van der Waals surface area (Å²) in [6, 6.07) is -1.91. The number of hydrogen-bond acceptors (Lipinski definition) is 2. The summed E-state index contributed by atoms with van der Waals surface area (Å²) in [4.78, 5) is 0. The fraction of sp³-hybridized carbons (Fsp3) is 0.625. The van der Waals surface area contributed by atoms with E-state index in [2.05, 4.69) is 5.10 Å². The molecule has 1 heterocycles. The van der Waals surface area contributed by atoms with Crippen LogP contribution in [0.3, 0.4) is 0 Å². The number of rotatable bonds is 2. The number of hydrogen-bond donors (Lipinski definition) is 1. The number of aromatic nitrogens is 2. The summed E-state index contributed by atoms with van der Waals surface area (Å²) in [7, 11) is 1.54. The number of halogens is 4. The van der Waals surface area contributed by atoms with Gasteiger partial charge in [-0.25, -0.2) is 0 Å². The predicted molar refractivity (Wildman–Crippen MR) is 50.7 cm³/mol. The second-order valence-electron chi connectivity index (χ2n) is 3.32. The standard InChI is InChI=1S/C8H11ClF3N3/c1-4-7(9)5(15(2)14-4)3-6(13)8(10,11)12/h6H,3,13H2,1-2H3. The molecule has 0 aromatic carbocycles. The van der Waals surface area contributed by atoms with Gasteiger partial charge in [-0.05, 0) is 6.92 Å². The maximum absolute atomic E-state index is 12.2. The minimum absolute atomic E-state index is 0.247. The van der Waals surface area contributed by atoms with Gasteiger partial charge in [0.25, 0.3) is 0 Å². The molecule has 1 rings (SSSR count). The van der Waals surface area contributed by atoms with Crippen LogP contribution in [0.5, 0.6) is 0 Å². The fourth-order valence-corrected chi connectivity index (χ4v) is 1.46. The lowest BCUT2D eigenvalue weighted by Gasteiger charge is -2.15. The summed E-state index contributed by atoms with van der Waals surface area (Å²) in [5.74, 6) is 0. The van der Waals surface area contributed by atoms with Crippen molar-refractivity contribution >= 4 is 11.6 Å². The molecule has 0 aliphatic rings. The first-order chi connectivity index (χ1) is 6.73. The quantitative estimate of drug-likeness (QED) is 0.858. The van der Waals surface area contributed by atoms with Crippen molar-refractivity contribution in [3.05, 3.63) is 16.4 Å². The summed E-state index contributed by atoms with van der Waals surface area (Å²) in [5, 5.41) is 4.15. The highest BCUT2D eigenvalue weighted by atomic mass is 35.5. The Morgan fingerprint density at radius 2 is 2.07 bits per heavy atom. The van der Waals surface area contributed by atoms with Gasteiger partial charge in [-0.2, -0.15) is 18.3 Å². The van der Waals surface area contributed by atoms with Crippen LogP contribution in [0, 0.1) is 6.92 Å². The van der Waals surface area contributed by atoms with Crippen LogP contribution in [0.2, 0.25) is 5.02 Å². The highest BCUT2D eigenvalue weighted by Gasteiger charge is 2.37. The SMILES string of the molecule is Cc1nn(C)c(CC(N)C(F)(F)F)c1Cl. The van der Waals surface area contributed by atoms with Crippen molar-refractivity contribution in [3.63, 3.8) is 0 Å². The van der Waals surface area contributed by atoms with E-state index in [1.807, 2.05) is 0 Å². The number of aryl methyl sites for hydroxylation is 2. The summed E-state index contributed by atoms with van der Waals surface area (Å²) < 4.78 is 37.9. The van der Waals surface area contributed by atoms with Gasteiger partial charge >= 0.3 is 6.18 Å². The molecule has 0 saturated carbocycles. The van der Waals surface area contributed by atoms with Crippen LogP contribution in [-0.2, 0) is 13.5 Å². The van der Waals surface area contributed by atoms with Crippen LogP contribution >= 0.6 is 11.6 Å². The van der Waals surface area contributed by atoms with Gasteiger partial charge in [0, 0.05) is 13.5 Å². The highest BCUT2D eigenvalue weighted by Crippen LogP contribution is 2.25. The molecule has 0 aliphatic heterocycles. The van der Waals surface area contributed by atoms with Crippen LogP contribution in [0.1, 0.15) is 11.4 Å². The monoisotopic (exact) mass is 241 g/mol. The molecule has 1 aromatic heterocycles. The first-order valence-electron chi connectivity index (χ1n) is 4.23.